The number of ether oxygens (including phenoxy) is 1. The van der Waals surface area contributed by atoms with Gasteiger partial charge in [-0.05, 0) is 19.1 Å². The minimum Gasteiger partial charge on any atom is -0.394 e. The van der Waals surface area contributed by atoms with E-state index in [1.165, 1.54) is 0 Å². The van der Waals surface area contributed by atoms with Gasteiger partial charge in [-0.3, -0.25) is 14.3 Å². The van der Waals surface area contributed by atoms with E-state index in [9.17, 15) is 4.79 Å². The van der Waals surface area contributed by atoms with Gasteiger partial charge in [0.25, 0.3) is 5.56 Å². The van der Waals surface area contributed by atoms with E-state index in [1.807, 2.05) is 0 Å². The lowest BCUT2D eigenvalue weighted by atomic mass is 10.3. The van der Waals surface area contributed by atoms with Crippen molar-refractivity contribution in [2.75, 3.05) is 19.7 Å². The van der Waals surface area contributed by atoms with E-state index >= 15 is 0 Å². The normalized spacial score (nSPS) is 24.8. The van der Waals surface area contributed by atoms with Crippen LogP contribution in [0.3, 0.4) is 0 Å². The van der Waals surface area contributed by atoms with Crippen LogP contribution in [0.2, 0.25) is 0 Å². The predicted molar refractivity (Wildman–Crippen MR) is 64.5 cm³/mol. The molecular weight excluding hydrogens is 242 g/mol. The van der Waals surface area contributed by atoms with Gasteiger partial charge < -0.3 is 15.2 Å². The zero-order chi connectivity index (χ0) is 12.4. The smallest absolute Gasteiger partial charge is 0.254 e. The molecule has 94 valence electrons. The SMILES string of the molecule is Cc1cn(C2CNCC(CO)O2)c(=S)[nH]c1=O. The number of nitrogens with zero attached hydrogens (tertiary/aromatic N) is 1. The van der Waals surface area contributed by atoms with Crippen LogP contribution >= 0.6 is 12.2 Å². The topological polar surface area (TPSA) is 79.3 Å². The van der Waals surface area contributed by atoms with E-state index in [0.717, 1.165) is 0 Å². The average Bonchev–Trinajstić information content (AvgIpc) is 2.34. The standard InChI is InChI=1S/C10H15N3O3S/c1-6-4-13(10(17)12-9(6)15)8-3-11-2-7(5-14)16-8/h4,7-8,11,14H,2-3,5H2,1H3,(H,12,15,17). The number of aromatic amines is 1. The van der Waals surface area contributed by atoms with E-state index in [-0.39, 0.29) is 24.5 Å². The fourth-order valence-corrected chi connectivity index (χ4v) is 2.02. The first-order valence-corrected chi connectivity index (χ1v) is 5.81. The fraction of sp³-hybridized carbons (Fsp3) is 0.600. The van der Waals surface area contributed by atoms with Crippen LogP contribution in [-0.4, -0.2) is 40.5 Å². The number of rotatable bonds is 2. The quantitative estimate of drug-likeness (QED) is 0.634. The van der Waals surface area contributed by atoms with Gasteiger partial charge in [0.1, 0.15) is 6.23 Å². The summed E-state index contributed by atoms with van der Waals surface area (Å²) in [5.74, 6) is 0. The highest BCUT2D eigenvalue weighted by Gasteiger charge is 2.22. The lowest BCUT2D eigenvalue weighted by Gasteiger charge is -2.31. The molecule has 0 saturated carbocycles. The number of nitrogens with one attached hydrogen (secondary N) is 2. The summed E-state index contributed by atoms with van der Waals surface area (Å²) < 4.78 is 7.68. The van der Waals surface area contributed by atoms with Gasteiger partial charge in [0.2, 0.25) is 0 Å². The molecule has 0 aliphatic carbocycles. The first-order chi connectivity index (χ1) is 8.11. The Balaban J connectivity index is 2.31. The molecule has 0 aromatic carbocycles. The average molecular weight is 257 g/mol. The summed E-state index contributed by atoms with van der Waals surface area (Å²) in [6, 6.07) is 0. The maximum absolute atomic E-state index is 11.4. The Morgan fingerprint density at radius 3 is 3.12 bits per heavy atom. The molecule has 7 heteroatoms. The summed E-state index contributed by atoms with van der Waals surface area (Å²) in [5, 5.41) is 12.2. The molecule has 3 N–H and O–H groups in total. The highest BCUT2D eigenvalue weighted by atomic mass is 32.1. The van der Waals surface area contributed by atoms with Gasteiger partial charge in [-0.2, -0.15) is 0 Å². The molecule has 0 radical (unpaired) electrons. The second-order valence-corrected chi connectivity index (χ2v) is 4.42. The number of aryl methyl sites for hydroxylation is 1. The van der Waals surface area contributed by atoms with E-state index in [4.69, 9.17) is 22.1 Å². The molecule has 1 aliphatic rings. The van der Waals surface area contributed by atoms with Crippen LogP contribution in [0.25, 0.3) is 0 Å². The van der Waals surface area contributed by atoms with Crippen molar-refractivity contribution in [2.45, 2.75) is 19.3 Å². The van der Waals surface area contributed by atoms with Crippen molar-refractivity contribution in [1.82, 2.24) is 14.9 Å². The Labute approximate surface area is 103 Å². The summed E-state index contributed by atoms with van der Waals surface area (Å²) in [5.41, 5.74) is 0.391. The zero-order valence-corrected chi connectivity index (χ0v) is 10.3. The largest absolute Gasteiger partial charge is 0.394 e. The van der Waals surface area contributed by atoms with Crippen molar-refractivity contribution in [1.29, 1.82) is 0 Å². The van der Waals surface area contributed by atoms with Crippen molar-refractivity contribution in [2.24, 2.45) is 0 Å². The molecule has 2 atom stereocenters. The summed E-state index contributed by atoms with van der Waals surface area (Å²) in [6.07, 6.45) is 1.12. The maximum atomic E-state index is 11.4. The molecule has 2 rings (SSSR count). The highest BCUT2D eigenvalue weighted by molar-refractivity contribution is 7.71. The second-order valence-electron chi connectivity index (χ2n) is 4.03. The number of aliphatic hydroxyl groups is 1. The van der Waals surface area contributed by atoms with Crippen molar-refractivity contribution < 1.29 is 9.84 Å². The van der Waals surface area contributed by atoms with Gasteiger partial charge in [0, 0.05) is 24.8 Å². The molecular formula is C10H15N3O3S. The molecule has 1 saturated heterocycles. The minimum atomic E-state index is -0.302. The lowest BCUT2D eigenvalue weighted by molar-refractivity contribution is -0.0960. The summed E-state index contributed by atoms with van der Waals surface area (Å²) in [4.78, 5) is 14.0. The molecule has 0 spiro atoms. The van der Waals surface area contributed by atoms with Gasteiger partial charge >= 0.3 is 0 Å². The Morgan fingerprint density at radius 1 is 1.65 bits per heavy atom. The maximum Gasteiger partial charge on any atom is 0.254 e. The van der Waals surface area contributed by atoms with Crippen molar-refractivity contribution in [3.63, 3.8) is 0 Å². The highest BCUT2D eigenvalue weighted by Crippen LogP contribution is 2.14. The molecule has 1 aromatic heterocycles. The van der Waals surface area contributed by atoms with Crippen LogP contribution in [0.1, 0.15) is 11.8 Å². The zero-order valence-electron chi connectivity index (χ0n) is 9.47. The van der Waals surface area contributed by atoms with E-state index < -0.39 is 0 Å². The number of aliphatic hydroxyl groups excluding tert-OH is 1. The molecule has 2 unspecified atom stereocenters. The molecule has 6 nitrogen and oxygen atoms in total. The third-order valence-corrected chi connectivity index (χ3v) is 3.01. The number of hydrogen-bond acceptors (Lipinski definition) is 5. The predicted octanol–water partition coefficient (Wildman–Crippen LogP) is -0.306. The summed E-state index contributed by atoms with van der Waals surface area (Å²) in [6.45, 7) is 2.88. The van der Waals surface area contributed by atoms with Gasteiger partial charge in [0.15, 0.2) is 4.77 Å². The third kappa shape index (κ3) is 2.63. The van der Waals surface area contributed by atoms with Crippen LogP contribution in [-0.2, 0) is 4.74 Å². The second kappa shape index (κ2) is 5.09. The molecule has 1 fully saturated rings. The number of morpholine rings is 1. The molecule has 2 heterocycles. The minimum absolute atomic E-state index is 0.0425. The van der Waals surface area contributed by atoms with Crippen LogP contribution < -0.4 is 10.9 Å². The Morgan fingerprint density at radius 2 is 2.41 bits per heavy atom. The number of H-pyrrole nitrogens is 1. The van der Waals surface area contributed by atoms with Gasteiger partial charge in [-0.25, -0.2) is 0 Å². The van der Waals surface area contributed by atoms with E-state index in [1.54, 1.807) is 17.7 Å². The van der Waals surface area contributed by atoms with E-state index in [2.05, 4.69) is 10.3 Å². The molecule has 0 amide bonds. The lowest BCUT2D eigenvalue weighted by Crippen LogP contribution is -2.44. The summed E-state index contributed by atoms with van der Waals surface area (Å²) in [7, 11) is 0. The van der Waals surface area contributed by atoms with Crippen molar-refractivity contribution in [3.05, 3.63) is 26.9 Å². The molecule has 1 aliphatic heterocycles. The van der Waals surface area contributed by atoms with Gasteiger partial charge in [0.05, 0.1) is 12.7 Å². The first-order valence-electron chi connectivity index (χ1n) is 5.41. The Kier molecular flexibility index (Phi) is 3.72. The van der Waals surface area contributed by atoms with Crippen molar-refractivity contribution in [3.8, 4) is 0 Å². The monoisotopic (exact) mass is 257 g/mol. The van der Waals surface area contributed by atoms with Gasteiger partial charge in [-0.15, -0.1) is 0 Å². The van der Waals surface area contributed by atoms with Gasteiger partial charge in [-0.1, -0.05) is 0 Å². The fourth-order valence-electron chi connectivity index (χ4n) is 1.76. The number of aromatic nitrogens is 2. The van der Waals surface area contributed by atoms with Crippen LogP contribution in [0, 0.1) is 11.7 Å². The molecule has 1 aromatic rings. The van der Waals surface area contributed by atoms with Crippen LogP contribution in [0.5, 0.6) is 0 Å². The Hall–Kier alpha value is -1.02. The van der Waals surface area contributed by atoms with Crippen LogP contribution in [0.15, 0.2) is 11.0 Å². The first kappa shape index (κ1) is 12.4. The van der Waals surface area contributed by atoms with Crippen LogP contribution in [0.4, 0.5) is 0 Å². The molecule has 17 heavy (non-hydrogen) atoms. The van der Waals surface area contributed by atoms with Crippen molar-refractivity contribution >= 4 is 12.2 Å². The number of hydrogen-bond donors (Lipinski definition) is 3. The Bertz CT molecular complexity index is 510. The third-order valence-electron chi connectivity index (χ3n) is 2.70. The van der Waals surface area contributed by atoms with E-state index in [0.29, 0.717) is 23.4 Å². The molecule has 0 bridgehead atoms. The summed E-state index contributed by atoms with van der Waals surface area (Å²) >= 11 is 5.09.